The standard InChI is InChI=1S/C8H19N5/c1-3-5-6-12-8(10)13-7(9)11-4-2/h3-6H2,1-2H3,(H5,9,10,11,12,13). The van der Waals surface area contributed by atoms with Gasteiger partial charge in [-0.3, -0.25) is 16.1 Å². The van der Waals surface area contributed by atoms with E-state index in [1.807, 2.05) is 6.92 Å². The third-order valence-electron chi connectivity index (χ3n) is 1.44. The van der Waals surface area contributed by atoms with Crippen LogP contribution in [-0.4, -0.2) is 25.0 Å². The average molecular weight is 185 g/mol. The lowest BCUT2D eigenvalue weighted by molar-refractivity contribution is 0.742. The van der Waals surface area contributed by atoms with Crippen LogP contribution in [0.15, 0.2) is 0 Å². The van der Waals surface area contributed by atoms with Crippen molar-refractivity contribution in [2.75, 3.05) is 13.1 Å². The van der Waals surface area contributed by atoms with Gasteiger partial charge in [-0.1, -0.05) is 13.3 Å². The SMILES string of the molecule is CCCCNC(=N)NC(=N)NCC. The zero-order chi connectivity index (χ0) is 10.1. The molecule has 0 rings (SSSR count). The highest BCUT2D eigenvalue weighted by Crippen LogP contribution is 1.81. The summed E-state index contributed by atoms with van der Waals surface area (Å²) in [5.41, 5.74) is 0. The topological polar surface area (TPSA) is 83.8 Å². The van der Waals surface area contributed by atoms with Gasteiger partial charge in [0.1, 0.15) is 0 Å². The summed E-state index contributed by atoms with van der Waals surface area (Å²) < 4.78 is 0. The first-order chi connectivity index (χ1) is 6.20. The lowest BCUT2D eigenvalue weighted by Gasteiger charge is -2.10. The molecule has 5 nitrogen and oxygen atoms in total. The van der Waals surface area contributed by atoms with Crippen LogP contribution in [0.1, 0.15) is 26.7 Å². The maximum atomic E-state index is 7.37. The molecule has 0 atom stereocenters. The molecular weight excluding hydrogens is 166 g/mol. The average Bonchev–Trinajstić information content (AvgIpc) is 2.05. The number of unbranched alkanes of at least 4 members (excludes halogenated alkanes) is 1. The van der Waals surface area contributed by atoms with Gasteiger partial charge in [0.25, 0.3) is 0 Å². The van der Waals surface area contributed by atoms with E-state index >= 15 is 0 Å². The number of guanidine groups is 2. The fourth-order valence-electron chi connectivity index (χ4n) is 0.780. The Labute approximate surface area is 79.3 Å². The first-order valence-electron chi connectivity index (χ1n) is 4.62. The Morgan fingerprint density at radius 1 is 1.08 bits per heavy atom. The van der Waals surface area contributed by atoms with Crippen LogP contribution < -0.4 is 16.0 Å². The van der Waals surface area contributed by atoms with Crippen molar-refractivity contribution in [3.63, 3.8) is 0 Å². The molecule has 0 unspecified atom stereocenters. The summed E-state index contributed by atoms with van der Waals surface area (Å²) >= 11 is 0. The second-order valence-electron chi connectivity index (χ2n) is 2.69. The van der Waals surface area contributed by atoms with E-state index in [4.69, 9.17) is 10.8 Å². The van der Waals surface area contributed by atoms with Gasteiger partial charge in [0.15, 0.2) is 11.9 Å². The normalized spacial score (nSPS) is 9.08. The van der Waals surface area contributed by atoms with Gasteiger partial charge in [-0.25, -0.2) is 0 Å². The highest BCUT2D eigenvalue weighted by Gasteiger charge is 1.96. The van der Waals surface area contributed by atoms with Crippen molar-refractivity contribution in [3.05, 3.63) is 0 Å². The first-order valence-corrected chi connectivity index (χ1v) is 4.62. The van der Waals surface area contributed by atoms with Crippen LogP contribution in [0.5, 0.6) is 0 Å². The molecular formula is C8H19N5. The van der Waals surface area contributed by atoms with Gasteiger partial charge >= 0.3 is 0 Å². The van der Waals surface area contributed by atoms with Crippen LogP contribution in [0.2, 0.25) is 0 Å². The maximum absolute atomic E-state index is 7.37. The maximum Gasteiger partial charge on any atom is 0.195 e. The molecule has 0 aliphatic rings. The Balaban J connectivity index is 3.44. The van der Waals surface area contributed by atoms with Crippen LogP contribution in [0, 0.1) is 10.8 Å². The van der Waals surface area contributed by atoms with Crippen LogP contribution in [-0.2, 0) is 0 Å². The van der Waals surface area contributed by atoms with Crippen molar-refractivity contribution in [3.8, 4) is 0 Å². The van der Waals surface area contributed by atoms with Crippen molar-refractivity contribution < 1.29 is 0 Å². The van der Waals surface area contributed by atoms with E-state index in [9.17, 15) is 0 Å². The molecule has 0 radical (unpaired) electrons. The van der Waals surface area contributed by atoms with Gasteiger partial charge in [0.2, 0.25) is 0 Å². The quantitative estimate of drug-likeness (QED) is 0.250. The second kappa shape index (κ2) is 7.39. The minimum absolute atomic E-state index is 0.163. The molecule has 0 bridgehead atoms. The second-order valence-corrected chi connectivity index (χ2v) is 2.69. The zero-order valence-electron chi connectivity index (χ0n) is 8.33. The van der Waals surface area contributed by atoms with E-state index in [0.717, 1.165) is 19.4 Å². The summed E-state index contributed by atoms with van der Waals surface area (Å²) in [5, 5.41) is 22.9. The van der Waals surface area contributed by atoms with Crippen LogP contribution in [0.25, 0.3) is 0 Å². The molecule has 0 aromatic carbocycles. The minimum atomic E-state index is 0.163. The van der Waals surface area contributed by atoms with E-state index in [0.29, 0.717) is 6.54 Å². The highest BCUT2D eigenvalue weighted by atomic mass is 15.2. The predicted molar refractivity (Wildman–Crippen MR) is 55.2 cm³/mol. The predicted octanol–water partition coefficient (Wildman–Crippen LogP) is 0.445. The Morgan fingerprint density at radius 2 is 1.69 bits per heavy atom. The zero-order valence-corrected chi connectivity index (χ0v) is 8.33. The van der Waals surface area contributed by atoms with Crippen molar-refractivity contribution in [1.29, 1.82) is 10.8 Å². The molecule has 0 aliphatic heterocycles. The van der Waals surface area contributed by atoms with Crippen LogP contribution in [0.4, 0.5) is 0 Å². The molecule has 0 aliphatic carbocycles. The molecule has 5 N–H and O–H groups in total. The minimum Gasteiger partial charge on any atom is -0.357 e. The number of nitrogens with one attached hydrogen (secondary N) is 5. The number of hydrogen-bond donors (Lipinski definition) is 5. The molecule has 5 heteroatoms. The molecule has 0 fully saturated rings. The number of rotatable bonds is 4. The van der Waals surface area contributed by atoms with Gasteiger partial charge in [-0.05, 0) is 13.3 Å². The van der Waals surface area contributed by atoms with E-state index in [1.165, 1.54) is 0 Å². The molecule has 76 valence electrons. The largest absolute Gasteiger partial charge is 0.357 e. The molecule has 0 spiro atoms. The number of hydrogen-bond acceptors (Lipinski definition) is 2. The third kappa shape index (κ3) is 7.11. The van der Waals surface area contributed by atoms with Crippen molar-refractivity contribution in [1.82, 2.24) is 16.0 Å². The molecule has 0 saturated carbocycles. The van der Waals surface area contributed by atoms with E-state index in [1.54, 1.807) is 0 Å². The van der Waals surface area contributed by atoms with Gasteiger partial charge in [0, 0.05) is 13.1 Å². The molecule has 0 amide bonds. The van der Waals surface area contributed by atoms with Gasteiger partial charge in [-0.15, -0.1) is 0 Å². The molecule has 0 saturated heterocycles. The lowest BCUT2D eigenvalue weighted by atomic mass is 10.3. The van der Waals surface area contributed by atoms with Gasteiger partial charge in [0.05, 0.1) is 0 Å². The Bertz CT molecular complexity index is 166. The van der Waals surface area contributed by atoms with Crippen LogP contribution in [0.3, 0.4) is 0 Å². The van der Waals surface area contributed by atoms with E-state index in [-0.39, 0.29) is 11.9 Å². The summed E-state index contributed by atoms with van der Waals surface area (Å²) in [6, 6.07) is 0. The summed E-state index contributed by atoms with van der Waals surface area (Å²) in [6.45, 7) is 5.47. The Morgan fingerprint density at radius 3 is 2.23 bits per heavy atom. The van der Waals surface area contributed by atoms with Crippen molar-refractivity contribution in [2.45, 2.75) is 26.7 Å². The summed E-state index contributed by atoms with van der Waals surface area (Å²) in [4.78, 5) is 0. The lowest BCUT2D eigenvalue weighted by Crippen LogP contribution is -2.45. The van der Waals surface area contributed by atoms with Gasteiger partial charge < -0.3 is 10.6 Å². The fourth-order valence-corrected chi connectivity index (χ4v) is 0.780. The molecule has 0 aromatic rings. The summed E-state index contributed by atoms with van der Waals surface area (Å²) in [5.74, 6) is 0.343. The first kappa shape index (κ1) is 11.7. The summed E-state index contributed by atoms with van der Waals surface area (Å²) in [7, 11) is 0. The fraction of sp³-hybridized carbons (Fsp3) is 0.750. The smallest absolute Gasteiger partial charge is 0.195 e. The Kier molecular flexibility index (Phi) is 6.68. The van der Waals surface area contributed by atoms with E-state index in [2.05, 4.69) is 22.9 Å². The van der Waals surface area contributed by atoms with E-state index < -0.39 is 0 Å². The monoisotopic (exact) mass is 185 g/mol. The van der Waals surface area contributed by atoms with Crippen LogP contribution >= 0.6 is 0 Å². The third-order valence-corrected chi connectivity index (χ3v) is 1.44. The van der Waals surface area contributed by atoms with Crippen molar-refractivity contribution in [2.24, 2.45) is 0 Å². The molecule has 0 aromatic heterocycles. The summed E-state index contributed by atoms with van der Waals surface area (Å²) in [6.07, 6.45) is 2.14. The Hall–Kier alpha value is -1.26. The molecule has 13 heavy (non-hydrogen) atoms. The highest BCUT2D eigenvalue weighted by molar-refractivity contribution is 5.95. The van der Waals surface area contributed by atoms with Gasteiger partial charge in [-0.2, -0.15) is 0 Å². The molecule has 0 heterocycles. The van der Waals surface area contributed by atoms with Crippen molar-refractivity contribution >= 4 is 11.9 Å².